The molecule has 116 valence electrons. The summed E-state index contributed by atoms with van der Waals surface area (Å²) < 4.78 is 5.20. The maximum atomic E-state index is 12.1. The lowest BCUT2D eigenvalue weighted by atomic mass is 10.2. The molecule has 0 atom stereocenters. The lowest BCUT2D eigenvalue weighted by Crippen LogP contribution is -2.13. The third-order valence-corrected chi connectivity index (χ3v) is 4.41. The van der Waals surface area contributed by atoms with E-state index in [0.29, 0.717) is 16.8 Å². The van der Waals surface area contributed by atoms with Gasteiger partial charge in [-0.3, -0.25) is 14.8 Å². The molecule has 3 aromatic heterocycles. The van der Waals surface area contributed by atoms with Crippen molar-refractivity contribution in [2.24, 2.45) is 0 Å². The van der Waals surface area contributed by atoms with Crippen molar-refractivity contribution >= 4 is 22.4 Å². The van der Waals surface area contributed by atoms with Gasteiger partial charge in [-0.25, -0.2) is 4.98 Å². The second-order valence-corrected chi connectivity index (χ2v) is 6.37. The van der Waals surface area contributed by atoms with E-state index < -0.39 is 0 Å². The van der Waals surface area contributed by atoms with Gasteiger partial charge in [0.1, 0.15) is 11.5 Å². The van der Waals surface area contributed by atoms with Gasteiger partial charge in [0.25, 0.3) is 0 Å². The summed E-state index contributed by atoms with van der Waals surface area (Å²) in [5, 5.41) is 7.29. The first kappa shape index (κ1) is 14.0. The van der Waals surface area contributed by atoms with Crippen molar-refractivity contribution in [1.82, 2.24) is 20.1 Å². The molecule has 1 N–H and O–H groups in total. The van der Waals surface area contributed by atoms with Gasteiger partial charge in [0.05, 0.1) is 23.2 Å². The molecule has 3 aromatic rings. The van der Waals surface area contributed by atoms with Gasteiger partial charge in [-0.05, 0) is 12.8 Å². The molecule has 0 bridgehead atoms. The second-order valence-electron chi connectivity index (χ2n) is 5.34. The van der Waals surface area contributed by atoms with Crippen LogP contribution in [0.25, 0.3) is 10.6 Å². The maximum Gasteiger partial charge on any atom is 0.233 e. The highest BCUT2D eigenvalue weighted by Gasteiger charge is 2.27. The van der Waals surface area contributed by atoms with Crippen molar-refractivity contribution in [2.75, 3.05) is 5.32 Å². The van der Waals surface area contributed by atoms with E-state index in [-0.39, 0.29) is 12.3 Å². The number of carbonyl (C=O) groups is 1. The maximum absolute atomic E-state index is 12.1. The van der Waals surface area contributed by atoms with Gasteiger partial charge in [-0.2, -0.15) is 0 Å². The van der Waals surface area contributed by atoms with E-state index in [0.717, 1.165) is 29.1 Å². The number of carbonyl (C=O) groups excluding carboxylic acids is 1. The number of thiazole rings is 1. The van der Waals surface area contributed by atoms with Crippen LogP contribution in [0.3, 0.4) is 0 Å². The third kappa shape index (κ3) is 3.26. The Labute approximate surface area is 135 Å². The molecule has 1 fully saturated rings. The van der Waals surface area contributed by atoms with Crippen LogP contribution >= 0.6 is 11.3 Å². The minimum atomic E-state index is -0.177. The highest BCUT2D eigenvalue weighted by molar-refractivity contribution is 7.19. The zero-order valence-corrected chi connectivity index (χ0v) is 12.9. The highest BCUT2D eigenvalue weighted by Crippen LogP contribution is 2.39. The molecular weight excluding hydrogens is 314 g/mol. The summed E-state index contributed by atoms with van der Waals surface area (Å²) in [5.74, 6) is 0.919. The number of anilines is 1. The van der Waals surface area contributed by atoms with Crippen molar-refractivity contribution < 1.29 is 9.32 Å². The normalized spacial score (nSPS) is 13.9. The van der Waals surface area contributed by atoms with E-state index >= 15 is 0 Å². The molecule has 1 aliphatic carbocycles. The molecule has 4 rings (SSSR count). The van der Waals surface area contributed by atoms with Crippen LogP contribution < -0.4 is 5.32 Å². The molecular formula is C15H13N5O2S. The average Bonchev–Trinajstić information content (AvgIpc) is 3.14. The van der Waals surface area contributed by atoms with Crippen molar-refractivity contribution in [3.8, 4) is 10.6 Å². The molecule has 8 heteroatoms. The number of nitrogens with zero attached hydrogens (tertiary/aromatic N) is 4. The van der Waals surface area contributed by atoms with Crippen LogP contribution in [0.5, 0.6) is 0 Å². The van der Waals surface area contributed by atoms with Gasteiger partial charge in [0.2, 0.25) is 5.91 Å². The van der Waals surface area contributed by atoms with E-state index in [1.54, 1.807) is 24.8 Å². The molecule has 3 heterocycles. The molecule has 7 nitrogen and oxygen atoms in total. The largest absolute Gasteiger partial charge is 0.361 e. The van der Waals surface area contributed by atoms with Gasteiger partial charge in [0, 0.05) is 30.6 Å². The number of hydrogen-bond donors (Lipinski definition) is 1. The molecule has 0 saturated heterocycles. The third-order valence-electron chi connectivity index (χ3n) is 3.48. The zero-order valence-electron chi connectivity index (χ0n) is 12.1. The summed E-state index contributed by atoms with van der Waals surface area (Å²) in [7, 11) is 0. The smallest absolute Gasteiger partial charge is 0.233 e. The van der Waals surface area contributed by atoms with Gasteiger partial charge >= 0.3 is 0 Å². The van der Waals surface area contributed by atoms with Crippen molar-refractivity contribution in [3.63, 3.8) is 0 Å². The Kier molecular flexibility index (Phi) is 3.58. The summed E-state index contributed by atoms with van der Waals surface area (Å²) in [6.07, 6.45) is 9.02. The summed E-state index contributed by atoms with van der Waals surface area (Å²) in [6, 6.07) is 1.87. The Bertz CT molecular complexity index is 825. The SMILES string of the molecule is O=C(Cc1cc(C2CC2)no1)Nc1ncc(-c2cnccn2)s1. The lowest BCUT2D eigenvalue weighted by Gasteiger charge is -1.98. The Hall–Kier alpha value is -2.61. The van der Waals surface area contributed by atoms with Crippen LogP contribution in [0.15, 0.2) is 35.4 Å². The Morgan fingerprint density at radius 2 is 2.22 bits per heavy atom. The fourth-order valence-electron chi connectivity index (χ4n) is 2.18. The fourth-order valence-corrected chi connectivity index (χ4v) is 2.98. The van der Waals surface area contributed by atoms with Gasteiger partial charge in [-0.15, -0.1) is 0 Å². The van der Waals surface area contributed by atoms with Crippen LogP contribution in [0, 0.1) is 0 Å². The van der Waals surface area contributed by atoms with Crippen LogP contribution in [-0.2, 0) is 11.2 Å². The summed E-state index contributed by atoms with van der Waals surface area (Å²) >= 11 is 1.35. The highest BCUT2D eigenvalue weighted by atomic mass is 32.1. The first-order valence-corrected chi connectivity index (χ1v) is 8.07. The first-order valence-electron chi connectivity index (χ1n) is 7.25. The molecule has 0 radical (unpaired) electrons. The molecule has 23 heavy (non-hydrogen) atoms. The van der Waals surface area contributed by atoms with E-state index in [4.69, 9.17) is 4.52 Å². The average molecular weight is 327 g/mol. The number of aromatic nitrogens is 4. The minimum absolute atomic E-state index is 0.153. The molecule has 0 unspecified atom stereocenters. The molecule has 1 aliphatic rings. The molecule has 1 amide bonds. The Balaban J connectivity index is 1.39. The van der Waals surface area contributed by atoms with E-state index in [1.165, 1.54) is 11.3 Å². The number of rotatable bonds is 5. The summed E-state index contributed by atoms with van der Waals surface area (Å²) in [5.41, 5.74) is 1.68. The zero-order chi connectivity index (χ0) is 15.6. The van der Waals surface area contributed by atoms with Gasteiger partial charge in [-0.1, -0.05) is 16.5 Å². The predicted octanol–water partition coefficient (Wildman–Crippen LogP) is 2.65. The lowest BCUT2D eigenvalue weighted by molar-refractivity contribution is -0.115. The van der Waals surface area contributed by atoms with E-state index in [2.05, 4.69) is 25.4 Å². The van der Waals surface area contributed by atoms with E-state index in [1.807, 2.05) is 6.07 Å². The van der Waals surface area contributed by atoms with Gasteiger partial charge in [0.15, 0.2) is 5.13 Å². The summed E-state index contributed by atoms with van der Waals surface area (Å²) in [4.78, 5) is 25.3. The number of hydrogen-bond acceptors (Lipinski definition) is 7. The molecule has 1 saturated carbocycles. The number of amides is 1. The monoisotopic (exact) mass is 327 g/mol. The minimum Gasteiger partial charge on any atom is -0.361 e. The first-order chi connectivity index (χ1) is 11.3. The standard InChI is InChI=1S/C15H13N5O2S/c21-14(6-10-5-11(20-22-10)9-1-2-9)19-15-18-8-13(23-15)12-7-16-3-4-17-12/h3-5,7-9H,1-2,6H2,(H,18,19,21). The van der Waals surface area contributed by atoms with Gasteiger partial charge < -0.3 is 9.84 Å². The Morgan fingerprint density at radius 1 is 1.30 bits per heavy atom. The second kappa shape index (κ2) is 5.88. The van der Waals surface area contributed by atoms with E-state index in [9.17, 15) is 4.79 Å². The van der Waals surface area contributed by atoms with Crippen LogP contribution in [-0.4, -0.2) is 26.0 Å². The summed E-state index contributed by atoms with van der Waals surface area (Å²) in [6.45, 7) is 0. The molecule has 0 spiro atoms. The molecule has 0 aromatic carbocycles. The topological polar surface area (TPSA) is 93.8 Å². The van der Waals surface area contributed by atoms with Crippen molar-refractivity contribution in [2.45, 2.75) is 25.2 Å². The molecule has 0 aliphatic heterocycles. The number of nitrogens with one attached hydrogen (secondary N) is 1. The quantitative estimate of drug-likeness (QED) is 0.774. The fraction of sp³-hybridized carbons (Fsp3) is 0.267. The van der Waals surface area contributed by atoms with Crippen LogP contribution in [0.2, 0.25) is 0 Å². The van der Waals surface area contributed by atoms with Crippen molar-refractivity contribution in [3.05, 3.63) is 42.3 Å². The van der Waals surface area contributed by atoms with Crippen LogP contribution in [0.1, 0.15) is 30.2 Å². The van der Waals surface area contributed by atoms with Crippen molar-refractivity contribution in [1.29, 1.82) is 0 Å². The predicted molar refractivity (Wildman–Crippen MR) is 84.0 cm³/mol. The van der Waals surface area contributed by atoms with Crippen LogP contribution in [0.4, 0.5) is 5.13 Å². The Morgan fingerprint density at radius 3 is 3.00 bits per heavy atom.